The summed E-state index contributed by atoms with van der Waals surface area (Å²) < 4.78 is 10.7. The number of aliphatic imine (C=N–C) groups is 1. The molecule has 0 bridgehead atoms. The third-order valence-electron chi connectivity index (χ3n) is 6.01. The van der Waals surface area contributed by atoms with E-state index in [4.69, 9.17) is 9.47 Å². The van der Waals surface area contributed by atoms with Crippen LogP contribution in [-0.2, 0) is 9.47 Å². The van der Waals surface area contributed by atoms with E-state index in [0.29, 0.717) is 19.1 Å². The zero-order chi connectivity index (χ0) is 21.0. The summed E-state index contributed by atoms with van der Waals surface area (Å²) in [5, 5.41) is 3.56. The molecule has 7 heteroatoms. The fourth-order valence-electron chi connectivity index (χ4n) is 4.26. The molecule has 2 heterocycles. The van der Waals surface area contributed by atoms with Crippen molar-refractivity contribution in [3.63, 3.8) is 0 Å². The van der Waals surface area contributed by atoms with E-state index in [1.54, 1.807) is 7.11 Å². The second kappa shape index (κ2) is 12.8. The molecular formula is C23H39N5O2. The highest BCUT2D eigenvalue weighted by Gasteiger charge is 2.25. The highest BCUT2D eigenvalue weighted by atomic mass is 16.5. The monoisotopic (exact) mass is 417 g/mol. The number of hydrogen-bond donors (Lipinski definition) is 1. The zero-order valence-corrected chi connectivity index (χ0v) is 18.8. The topological polar surface area (TPSA) is 52.6 Å². The van der Waals surface area contributed by atoms with Gasteiger partial charge in [-0.1, -0.05) is 18.2 Å². The minimum absolute atomic E-state index is 0.585. The maximum Gasteiger partial charge on any atom is 0.193 e. The van der Waals surface area contributed by atoms with Gasteiger partial charge >= 0.3 is 0 Å². The summed E-state index contributed by atoms with van der Waals surface area (Å²) in [6.07, 6.45) is 2.31. The maximum atomic E-state index is 5.70. The van der Waals surface area contributed by atoms with Gasteiger partial charge in [-0.3, -0.25) is 9.89 Å². The van der Waals surface area contributed by atoms with E-state index in [2.05, 4.69) is 55.3 Å². The molecule has 2 fully saturated rings. The molecule has 0 saturated carbocycles. The lowest BCUT2D eigenvalue weighted by molar-refractivity contribution is 0.0536. The molecule has 2 aliphatic heterocycles. The van der Waals surface area contributed by atoms with Crippen molar-refractivity contribution in [2.24, 2.45) is 10.9 Å². The number of nitrogens with zero attached hydrogens (tertiary/aromatic N) is 4. The van der Waals surface area contributed by atoms with Gasteiger partial charge in [0.1, 0.15) is 0 Å². The summed E-state index contributed by atoms with van der Waals surface area (Å²) in [4.78, 5) is 11.9. The van der Waals surface area contributed by atoms with Gasteiger partial charge in [-0.25, -0.2) is 0 Å². The van der Waals surface area contributed by atoms with Gasteiger partial charge in [-0.15, -0.1) is 0 Å². The summed E-state index contributed by atoms with van der Waals surface area (Å²) >= 11 is 0. The fourth-order valence-corrected chi connectivity index (χ4v) is 4.26. The first kappa shape index (κ1) is 22.8. The van der Waals surface area contributed by atoms with Crippen LogP contribution in [0.3, 0.4) is 0 Å². The molecule has 1 aromatic carbocycles. The number of piperazine rings is 1. The number of benzene rings is 1. The lowest BCUT2D eigenvalue weighted by Crippen LogP contribution is -2.47. The van der Waals surface area contributed by atoms with E-state index in [9.17, 15) is 0 Å². The van der Waals surface area contributed by atoms with E-state index in [1.165, 1.54) is 12.1 Å². The molecule has 0 aromatic heterocycles. The predicted octanol–water partition coefficient (Wildman–Crippen LogP) is 1.76. The molecule has 0 spiro atoms. The van der Waals surface area contributed by atoms with Crippen molar-refractivity contribution in [1.82, 2.24) is 15.1 Å². The van der Waals surface area contributed by atoms with Crippen molar-refractivity contribution in [3.8, 4) is 0 Å². The van der Waals surface area contributed by atoms with E-state index in [-0.39, 0.29) is 0 Å². The van der Waals surface area contributed by atoms with Crippen molar-refractivity contribution in [2.45, 2.75) is 12.8 Å². The average Bonchev–Trinajstić information content (AvgIpc) is 3.26. The van der Waals surface area contributed by atoms with Gasteiger partial charge in [0, 0.05) is 71.6 Å². The minimum atomic E-state index is 0.585. The van der Waals surface area contributed by atoms with Gasteiger partial charge in [0.25, 0.3) is 0 Å². The van der Waals surface area contributed by atoms with Gasteiger partial charge in [0.15, 0.2) is 5.96 Å². The van der Waals surface area contributed by atoms with Crippen LogP contribution < -0.4 is 10.2 Å². The molecule has 30 heavy (non-hydrogen) atoms. The molecule has 2 aliphatic rings. The van der Waals surface area contributed by atoms with Crippen molar-refractivity contribution in [1.29, 1.82) is 0 Å². The molecule has 1 atom stereocenters. The van der Waals surface area contributed by atoms with Crippen LogP contribution in [0, 0.1) is 5.92 Å². The molecule has 2 saturated heterocycles. The number of likely N-dealkylation sites (tertiary alicyclic amines) is 1. The molecule has 168 valence electrons. The second-order valence-electron chi connectivity index (χ2n) is 8.16. The highest BCUT2D eigenvalue weighted by molar-refractivity contribution is 5.80. The van der Waals surface area contributed by atoms with Crippen LogP contribution in [0.15, 0.2) is 35.3 Å². The largest absolute Gasteiger partial charge is 0.382 e. The highest BCUT2D eigenvalue weighted by Crippen LogP contribution is 2.17. The quantitative estimate of drug-likeness (QED) is 0.356. The molecule has 1 unspecified atom stereocenters. The molecule has 3 rings (SSSR count). The van der Waals surface area contributed by atoms with Gasteiger partial charge < -0.3 is 24.6 Å². The van der Waals surface area contributed by atoms with Crippen molar-refractivity contribution in [2.75, 3.05) is 91.2 Å². The van der Waals surface area contributed by atoms with E-state index < -0.39 is 0 Å². The first-order chi connectivity index (χ1) is 14.8. The first-order valence-electron chi connectivity index (χ1n) is 11.3. The Labute approximate surface area is 182 Å². The molecular weight excluding hydrogens is 378 g/mol. The maximum absolute atomic E-state index is 5.70. The molecule has 1 N–H and O–H groups in total. The van der Waals surface area contributed by atoms with E-state index in [1.807, 2.05) is 7.05 Å². The molecule has 0 radical (unpaired) electrons. The summed E-state index contributed by atoms with van der Waals surface area (Å²) in [5.74, 6) is 1.62. The van der Waals surface area contributed by atoms with Crippen LogP contribution >= 0.6 is 0 Å². The van der Waals surface area contributed by atoms with Crippen LogP contribution in [0.1, 0.15) is 12.8 Å². The Balaban J connectivity index is 1.28. The number of methoxy groups -OCH3 is 1. The standard InChI is InChI=1S/C23H39N5O2/c1-24-23(28-12-9-21(19-28)20-30-18-17-29-2)25-10-6-11-26-13-15-27(16-14-26)22-7-4-3-5-8-22/h3-5,7-8,21H,6,9-20H2,1-2H3,(H,24,25). The van der Waals surface area contributed by atoms with E-state index in [0.717, 1.165) is 71.3 Å². The van der Waals surface area contributed by atoms with Gasteiger partial charge in [-0.05, 0) is 31.5 Å². The normalized spacial score (nSPS) is 20.7. The summed E-state index contributed by atoms with van der Waals surface area (Å²) in [6, 6.07) is 10.7. The van der Waals surface area contributed by atoms with Gasteiger partial charge in [0.05, 0.1) is 19.8 Å². The average molecular weight is 418 g/mol. The summed E-state index contributed by atoms with van der Waals surface area (Å²) in [7, 11) is 3.59. The zero-order valence-electron chi connectivity index (χ0n) is 18.8. The molecule has 0 amide bonds. The fraction of sp³-hybridized carbons (Fsp3) is 0.696. The van der Waals surface area contributed by atoms with Crippen LogP contribution in [0.25, 0.3) is 0 Å². The lowest BCUT2D eigenvalue weighted by atomic mass is 10.1. The Kier molecular flexibility index (Phi) is 9.73. The Hall–Kier alpha value is -1.83. The third-order valence-corrected chi connectivity index (χ3v) is 6.01. The summed E-state index contributed by atoms with van der Waals surface area (Å²) in [5.41, 5.74) is 1.34. The number of guanidine groups is 1. The Morgan fingerprint density at radius 1 is 1.10 bits per heavy atom. The smallest absolute Gasteiger partial charge is 0.193 e. The Morgan fingerprint density at radius 3 is 2.63 bits per heavy atom. The van der Waals surface area contributed by atoms with Crippen LogP contribution in [-0.4, -0.2) is 102 Å². The lowest BCUT2D eigenvalue weighted by Gasteiger charge is -2.36. The number of para-hydroxylation sites is 1. The van der Waals surface area contributed by atoms with Crippen molar-refractivity contribution >= 4 is 11.6 Å². The summed E-state index contributed by atoms with van der Waals surface area (Å²) in [6.45, 7) is 10.8. The SMILES string of the molecule is CN=C(NCCCN1CCN(c2ccccc2)CC1)N1CCC(COCCOC)C1. The predicted molar refractivity (Wildman–Crippen MR) is 123 cm³/mol. The number of anilines is 1. The molecule has 0 aliphatic carbocycles. The second-order valence-corrected chi connectivity index (χ2v) is 8.16. The van der Waals surface area contributed by atoms with Crippen LogP contribution in [0.2, 0.25) is 0 Å². The molecule has 7 nitrogen and oxygen atoms in total. The Morgan fingerprint density at radius 2 is 1.90 bits per heavy atom. The number of ether oxygens (including phenoxy) is 2. The number of nitrogens with one attached hydrogen (secondary N) is 1. The number of rotatable bonds is 10. The van der Waals surface area contributed by atoms with Crippen LogP contribution in [0.4, 0.5) is 5.69 Å². The van der Waals surface area contributed by atoms with Crippen molar-refractivity contribution in [3.05, 3.63) is 30.3 Å². The van der Waals surface area contributed by atoms with Crippen LogP contribution in [0.5, 0.6) is 0 Å². The minimum Gasteiger partial charge on any atom is -0.382 e. The first-order valence-corrected chi connectivity index (χ1v) is 11.3. The van der Waals surface area contributed by atoms with Crippen molar-refractivity contribution < 1.29 is 9.47 Å². The van der Waals surface area contributed by atoms with Gasteiger partial charge in [0.2, 0.25) is 0 Å². The van der Waals surface area contributed by atoms with E-state index >= 15 is 0 Å². The molecule has 1 aromatic rings. The number of hydrogen-bond acceptors (Lipinski definition) is 5. The van der Waals surface area contributed by atoms with Gasteiger partial charge in [-0.2, -0.15) is 0 Å². The third kappa shape index (κ3) is 7.15. The Bertz CT molecular complexity index is 619.